The Morgan fingerprint density at radius 2 is 1.54 bits per heavy atom. The summed E-state index contributed by atoms with van der Waals surface area (Å²) in [6.07, 6.45) is -8.57. The van der Waals surface area contributed by atoms with E-state index in [4.69, 9.17) is 10.2 Å². The van der Waals surface area contributed by atoms with Gasteiger partial charge in [-0.2, -0.15) is 0 Å². The Morgan fingerprint density at radius 3 is 2.08 bits per heavy atom. The third kappa shape index (κ3) is 4.85. The molecule has 132 valence electrons. The van der Waals surface area contributed by atoms with Gasteiger partial charge >= 0.3 is 0 Å². The van der Waals surface area contributed by atoms with Crippen LogP contribution in [0.25, 0.3) is 6.08 Å². The molecule has 0 aliphatic heterocycles. The molecule has 0 amide bonds. The summed E-state index contributed by atoms with van der Waals surface area (Å²) in [5.41, 5.74) is 0.303. The van der Waals surface area contributed by atoms with Gasteiger partial charge in [0.25, 0.3) is 0 Å². The molecule has 1 rings (SSSR count). The van der Waals surface area contributed by atoms with Crippen LogP contribution in [0.3, 0.4) is 0 Å². The highest BCUT2D eigenvalue weighted by Gasteiger charge is 2.36. The Balaban J connectivity index is 2.77. The number of carbonyl (C=O) groups excluding carboxylic acids is 2. The largest absolute Gasteiger partial charge is 0.504 e. The Hall–Kier alpha value is -2.30. The summed E-state index contributed by atoms with van der Waals surface area (Å²) in [7, 11) is 0. The zero-order valence-electron chi connectivity index (χ0n) is 12.3. The topological polar surface area (TPSA) is 176 Å². The first kappa shape index (κ1) is 19.7. The van der Waals surface area contributed by atoms with Crippen molar-refractivity contribution in [3.05, 3.63) is 29.8 Å². The van der Waals surface area contributed by atoms with E-state index in [9.17, 15) is 35.1 Å². The van der Waals surface area contributed by atoms with Gasteiger partial charge in [0.05, 0.1) is 0 Å². The van der Waals surface area contributed by atoms with Crippen LogP contribution in [0.4, 0.5) is 0 Å². The van der Waals surface area contributed by atoms with E-state index in [1.165, 1.54) is 18.2 Å². The van der Waals surface area contributed by atoms with Gasteiger partial charge < -0.3 is 40.5 Å². The van der Waals surface area contributed by atoms with Crippen LogP contribution < -0.4 is 0 Å². The Morgan fingerprint density at radius 1 is 0.917 bits per heavy atom. The van der Waals surface area contributed by atoms with E-state index in [-0.39, 0.29) is 12.0 Å². The second-order valence-electron chi connectivity index (χ2n) is 5.03. The molecule has 9 nitrogen and oxygen atoms in total. The van der Waals surface area contributed by atoms with Crippen LogP contribution in [0, 0.1) is 0 Å². The Bertz CT molecular complexity index is 613. The fourth-order valence-corrected chi connectivity index (χ4v) is 1.76. The van der Waals surface area contributed by atoms with Crippen molar-refractivity contribution in [3.8, 4) is 11.5 Å². The summed E-state index contributed by atoms with van der Waals surface area (Å²) in [4.78, 5) is 22.0. The number of hydrogen-bond donors (Lipinski definition) is 7. The molecule has 0 saturated heterocycles. The molecule has 0 radical (unpaired) electrons. The van der Waals surface area contributed by atoms with Crippen LogP contribution in [0.2, 0.25) is 0 Å². The number of carbonyl (C=O) groups is 2. The number of phenols is 2. The molecule has 5 atom stereocenters. The summed E-state index contributed by atoms with van der Waals surface area (Å²) in [5.74, 6) is -1.83. The summed E-state index contributed by atoms with van der Waals surface area (Å²) in [6.45, 7) is 0. The predicted molar refractivity (Wildman–Crippen MR) is 79.9 cm³/mol. The number of aromatic hydroxyl groups is 2. The van der Waals surface area contributed by atoms with E-state index in [1.54, 1.807) is 0 Å². The first-order valence-electron chi connectivity index (χ1n) is 6.78. The quantitative estimate of drug-likeness (QED) is 0.155. The molecule has 24 heavy (non-hydrogen) atoms. The molecule has 0 heterocycles. The molecule has 0 bridgehead atoms. The standard InChI is InChI=1S/C15H18O9/c16-6-11(20)13(22)15(24)14(23)12(21)9(18)4-2-7-1-3-8(17)10(19)5-7/h1-6,11-15,17,19-24H/t11-,12?,13+,14+,15-/m0/s1. The third-order valence-electron chi connectivity index (χ3n) is 3.24. The van der Waals surface area contributed by atoms with E-state index < -0.39 is 42.1 Å². The fraction of sp³-hybridized carbons (Fsp3) is 0.333. The molecule has 0 aliphatic carbocycles. The number of aldehydes is 1. The van der Waals surface area contributed by atoms with Crippen molar-refractivity contribution in [2.24, 2.45) is 0 Å². The molecule has 1 aromatic carbocycles. The highest BCUT2D eigenvalue weighted by atomic mass is 16.4. The molecule has 7 N–H and O–H groups in total. The smallest absolute Gasteiger partial charge is 0.186 e. The molecule has 0 aliphatic rings. The minimum Gasteiger partial charge on any atom is -0.504 e. The molecule has 9 heteroatoms. The van der Waals surface area contributed by atoms with Crippen molar-refractivity contribution in [2.75, 3.05) is 0 Å². The van der Waals surface area contributed by atoms with Crippen molar-refractivity contribution in [1.29, 1.82) is 0 Å². The summed E-state index contributed by atoms with van der Waals surface area (Å²) in [6, 6.07) is 3.67. The highest BCUT2D eigenvalue weighted by molar-refractivity contribution is 5.97. The lowest BCUT2D eigenvalue weighted by atomic mass is 9.97. The molecule has 0 spiro atoms. The van der Waals surface area contributed by atoms with E-state index >= 15 is 0 Å². The average molecular weight is 342 g/mol. The van der Waals surface area contributed by atoms with Crippen LogP contribution in [0.15, 0.2) is 24.3 Å². The average Bonchev–Trinajstić information content (AvgIpc) is 2.58. The fourth-order valence-electron chi connectivity index (χ4n) is 1.76. The first-order chi connectivity index (χ1) is 11.2. The maximum atomic E-state index is 11.7. The zero-order valence-corrected chi connectivity index (χ0v) is 12.3. The second-order valence-corrected chi connectivity index (χ2v) is 5.03. The maximum absolute atomic E-state index is 11.7. The van der Waals surface area contributed by atoms with Crippen molar-refractivity contribution in [2.45, 2.75) is 30.5 Å². The lowest BCUT2D eigenvalue weighted by Crippen LogP contribution is -2.51. The van der Waals surface area contributed by atoms with Gasteiger partial charge in [-0.1, -0.05) is 12.1 Å². The molecular weight excluding hydrogens is 324 g/mol. The van der Waals surface area contributed by atoms with Gasteiger partial charge in [0.2, 0.25) is 0 Å². The molecule has 0 saturated carbocycles. The van der Waals surface area contributed by atoms with Gasteiger partial charge in [-0.15, -0.1) is 0 Å². The van der Waals surface area contributed by atoms with Crippen molar-refractivity contribution in [1.82, 2.24) is 0 Å². The highest BCUT2D eigenvalue weighted by Crippen LogP contribution is 2.25. The third-order valence-corrected chi connectivity index (χ3v) is 3.24. The molecular formula is C15H18O9. The number of aliphatic hydroxyl groups is 5. The van der Waals surface area contributed by atoms with Gasteiger partial charge in [-0.05, 0) is 23.8 Å². The van der Waals surface area contributed by atoms with E-state index in [1.807, 2.05) is 0 Å². The SMILES string of the molecule is O=C[C@H](O)[C@@H](O)[C@H](O)[C@H](O)C(O)C(=O)C=Cc1ccc(O)c(O)c1. The predicted octanol–water partition coefficient (Wildman–Crippen LogP) is -2.32. The van der Waals surface area contributed by atoms with E-state index in [0.717, 1.165) is 12.1 Å². The maximum Gasteiger partial charge on any atom is 0.186 e. The zero-order chi connectivity index (χ0) is 18.4. The first-order valence-corrected chi connectivity index (χ1v) is 6.78. The minimum absolute atomic E-state index is 0.0774. The van der Waals surface area contributed by atoms with Crippen LogP contribution >= 0.6 is 0 Å². The Labute approximate surface area is 136 Å². The van der Waals surface area contributed by atoms with Crippen LogP contribution in [-0.4, -0.2) is 78.3 Å². The molecule has 0 fully saturated rings. The van der Waals surface area contributed by atoms with Gasteiger partial charge in [0.15, 0.2) is 23.6 Å². The van der Waals surface area contributed by atoms with Crippen molar-refractivity contribution < 1.29 is 45.3 Å². The normalized spacial score (nSPS) is 17.9. The van der Waals surface area contributed by atoms with Crippen LogP contribution in [0.5, 0.6) is 11.5 Å². The number of hydrogen-bond acceptors (Lipinski definition) is 9. The lowest BCUT2D eigenvalue weighted by Gasteiger charge is -2.26. The number of phenolic OH excluding ortho intramolecular Hbond substituents is 2. The molecule has 1 unspecified atom stereocenters. The lowest BCUT2D eigenvalue weighted by molar-refractivity contribution is -0.152. The van der Waals surface area contributed by atoms with Crippen LogP contribution in [-0.2, 0) is 9.59 Å². The Kier molecular flexibility index (Phi) is 7.01. The summed E-state index contributed by atoms with van der Waals surface area (Å²) >= 11 is 0. The van der Waals surface area contributed by atoms with Gasteiger partial charge in [-0.3, -0.25) is 4.79 Å². The van der Waals surface area contributed by atoms with Gasteiger partial charge in [0.1, 0.15) is 30.5 Å². The summed E-state index contributed by atoms with van der Waals surface area (Å²) in [5, 5.41) is 65.7. The molecule has 1 aromatic rings. The van der Waals surface area contributed by atoms with Gasteiger partial charge in [0, 0.05) is 0 Å². The summed E-state index contributed by atoms with van der Waals surface area (Å²) < 4.78 is 0. The number of ketones is 1. The van der Waals surface area contributed by atoms with Crippen LogP contribution in [0.1, 0.15) is 5.56 Å². The van der Waals surface area contributed by atoms with E-state index in [0.29, 0.717) is 5.56 Å². The van der Waals surface area contributed by atoms with Gasteiger partial charge in [-0.25, -0.2) is 0 Å². The number of rotatable bonds is 8. The molecule has 0 aromatic heterocycles. The second kappa shape index (κ2) is 8.52. The monoisotopic (exact) mass is 342 g/mol. The van der Waals surface area contributed by atoms with Crippen molar-refractivity contribution >= 4 is 18.1 Å². The van der Waals surface area contributed by atoms with E-state index in [2.05, 4.69) is 0 Å². The van der Waals surface area contributed by atoms with Crippen molar-refractivity contribution in [3.63, 3.8) is 0 Å². The number of benzene rings is 1. The number of aliphatic hydroxyl groups excluding tert-OH is 5. The minimum atomic E-state index is -2.15.